The first-order valence-corrected chi connectivity index (χ1v) is 3.54. The van der Waals surface area contributed by atoms with Gasteiger partial charge in [-0.25, -0.2) is 0 Å². The van der Waals surface area contributed by atoms with Crippen LogP contribution in [-0.2, 0) is 4.79 Å². The molecule has 4 nitrogen and oxygen atoms in total. The summed E-state index contributed by atoms with van der Waals surface area (Å²) in [5.41, 5.74) is 0.353. The van der Waals surface area contributed by atoms with Crippen LogP contribution < -0.4 is 5.32 Å². The standard InChI is InChI=1S/C9H6N2O2/c10-6-8(12)11-9(13)7-4-2-1-3-5-7/h1-5H,(H,11,12,13). The van der Waals surface area contributed by atoms with Gasteiger partial charge in [-0.2, -0.15) is 5.26 Å². The van der Waals surface area contributed by atoms with E-state index in [-0.39, 0.29) is 0 Å². The first-order valence-electron chi connectivity index (χ1n) is 3.54. The van der Waals surface area contributed by atoms with Crippen molar-refractivity contribution in [3.05, 3.63) is 35.9 Å². The van der Waals surface area contributed by atoms with E-state index in [0.717, 1.165) is 0 Å². The molecule has 0 aliphatic heterocycles. The topological polar surface area (TPSA) is 70.0 Å². The molecule has 0 spiro atoms. The van der Waals surface area contributed by atoms with Crippen molar-refractivity contribution in [1.29, 1.82) is 5.26 Å². The highest BCUT2D eigenvalue weighted by Gasteiger charge is 2.07. The summed E-state index contributed by atoms with van der Waals surface area (Å²) < 4.78 is 0. The van der Waals surface area contributed by atoms with Gasteiger partial charge in [0, 0.05) is 5.56 Å². The molecule has 0 saturated carbocycles. The zero-order valence-corrected chi connectivity index (χ0v) is 6.65. The second kappa shape index (κ2) is 4.02. The van der Waals surface area contributed by atoms with Gasteiger partial charge in [0.25, 0.3) is 5.91 Å². The fraction of sp³-hybridized carbons (Fsp3) is 0. The van der Waals surface area contributed by atoms with E-state index in [4.69, 9.17) is 5.26 Å². The van der Waals surface area contributed by atoms with Crippen molar-refractivity contribution < 1.29 is 9.59 Å². The zero-order valence-electron chi connectivity index (χ0n) is 6.65. The van der Waals surface area contributed by atoms with Crippen molar-refractivity contribution in [3.63, 3.8) is 0 Å². The summed E-state index contributed by atoms with van der Waals surface area (Å²) in [6, 6.07) is 9.50. The van der Waals surface area contributed by atoms with Gasteiger partial charge >= 0.3 is 5.91 Å². The van der Waals surface area contributed by atoms with Gasteiger partial charge < -0.3 is 0 Å². The number of rotatable bonds is 1. The van der Waals surface area contributed by atoms with Gasteiger partial charge in [-0.1, -0.05) is 18.2 Å². The normalized spacial score (nSPS) is 8.54. The van der Waals surface area contributed by atoms with Crippen LogP contribution >= 0.6 is 0 Å². The molecule has 64 valence electrons. The molecule has 1 aromatic carbocycles. The average Bonchev–Trinajstić information content (AvgIpc) is 2.19. The summed E-state index contributed by atoms with van der Waals surface area (Å²) in [6.07, 6.45) is 0. The van der Waals surface area contributed by atoms with Crippen molar-refractivity contribution in [3.8, 4) is 6.07 Å². The van der Waals surface area contributed by atoms with Crippen LogP contribution in [0.5, 0.6) is 0 Å². The highest BCUT2D eigenvalue weighted by molar-refractivity contribution is 6.09. The molecule has 1 N–H and O–H groups in total. The Morgan fingerprint density at radius 1 is 1.23 bits per heavy atom. The third kappa shape index (κ3) is 2.42. The Bertz CT molecular complexity index is 365. The number of nitriles is 1. The summed E-state index contributed by atoms with van der Waals surface area (Å²) >= 11 is 0. The molecule has 0 unspecified atom stereocenters. The fourth-order valence-corrected chi connectivity index (χ4v) is 0.793. The second-order valence-electron chi connectivity index (χ2n) is 2.26. The lowest BCUT2D eigenvalue weighted by atomic mass is 10.2. The number of carbonyl (C=O) groups excluding carboxylic acids is 2. The van der Waals surface area contributed by atoms with E-state index in [1.54, 1.807) is 30.3 Å². The van der Waals surface area contributed by atoms with E-state index in [1.807, 2.05) is 5.32 Å². The molecule has 0 atom stereocenters. The molecular formula is C9H6N2O2. The first kappa shape index (κ1) is 8.94. The van der Waals surface area contributed by atoms with Crippen LogP contribution in [0.4, 0.5) is 0 Å². The van der Waals surface area contributed by atoms with Crippen molar-refractivity contribution >= 4 is 11.8 Å². The highest BCUT2D eigenvalue weighted by Crippen LogP contribution is 1.96. The van der Waals surface area contributed by atoms with E-state index in [1.165, 1.54) is 6.07 Å². The van der Waals surface area contributed by atoms with Crippen LogP contribution in [0.2, 0.25) is 0 Å². The number of nitrogens with zero attached hydrogens (tertiary/aromatic N) is 1. The van der Waals surface area contributed by atoms with E-state index < -0.39 is 11.8 Å². The summed E-state index contributed by atoms with van der Waals surface area (Å²) in [6.45, 7) is 0. The molecule has 0 bridgehead atoms. The number of hydrogen-bond acceptors (Lipinski definition) is 3. The van der Waals surface area contributed by atoms with Crippen LogP contribution in [-0.4, -0.2) is 11.8 Å². The number of benzene rings is 1. The minimum atomic E-state index is -0.950. The smallest absolute Gasteiger partial charge is 0.280 e. The van der Waals surface area contributed by atoms with Gasteiger partial charge in [-0.15, -0.1) is 0 Å². The average molecular weight is 174 g/mol. The molecular weight excluding hydrogens is 168 g/mol. The monoisotopic (exact) mass is 174 g/mol. The first-order chi connectivity index (χ1) is 6.24. The maximum atomic E-state index is 11.1. The van der Waals surface area contributed by atoms with Gasteiger partial charge in [0.15, 0.2) is 6.07 Å². The number of nitrogens with one attached hydrogen (secondary N) is 1. The van der Waals surface area contributed by atoms with E-state index in [2.05, 4.69) is 0 Å². The summed E-state index contributed by atoms with van der Waals surface area (Å²) in [4.78, 5) is 21.6. The van der Waals surface area contributed by atoms with Crippen molar-refractivity contribution in [2.24, 2.45) is 0 Å². The summed E-state index contributed by atoms with van der Waals surface area (Å²) in [7, 11) is 0. The van der Waals surface area contributed by atoms with E-state index >= 15 is 0 Å². The Morgan fingerprint density at radius 2 is 1.85 bits per heavy atom. The molecule has 1 rings (SSSR count). The maximum Gasteiger partial charge on any atom is 0.329 e. The number of carbonyl (C=O) groups is 2. The molecule has 0 aliphatic rings. The second-order valence-corrected chi connectivity index (χ2v) is 2.26. The van der Waals surface area contributed by atoms with Crippen LogP contribution in [0.1, 0.15) is 10.4 Å². The van der Waals surface area contributed by atoms with E-state index in [9.17, 15) is 9.59 Å². The van der Waals surface area contributed by atoms with Crippen LogP contribution in [0.25, 0.3) is 0 Å². The van der Waals surface area contributed by atoms with Gasteiger partial charge in [-0.05, 0) is 12.1 Å². The molecule has 4 heteroatoms. The van der Waals surface area contributed by atoms with Gasteiger partial charge in [0.1, 0.15) is 0 Å². The summed E-state index contributed by atoms with van der Waals surface area (Å²) in [5.74, 6) is -1.51. The number of hydrogen-bond donors (Lipinski definition) is 1. The van der Waals surface area contributed by atoms with Crippen LogP contribution in [0.15, 0.2) is 30.3 Å². The molecule has 0 aromatic heterocycles. The molecule has 2 amide bonds. The van der Waals surface area contributed by atoms with Gasteiger partial charge in [-0.3, -0.25) is 14.9 Å². The van der Waals surface area contributed by atoms with Crippen molar-refractivity contribution in [1.82, 2.24) is 5.32 Å². The minimum Gasteiger partial charge on any atom is -0.280 e. The number of imide groups is 1. The lowest BCUT2D eigenvalue weighted by Crippen LogP contribution is -2.28. The molecule has 0 saturated heterocycles. The Balaban J connectivity index is 2.71. The molecule has 0 heterocycles. The molecule has 0 fully saturated rings. The lowest BCUT2D eigenvalue weighted by Gasteiger charge is -1.97. The van der Waals surface area contributed by atoms with Crippen molar-refractivity contribution in [2.45, 2.75) is 0 Å². The van der Waals surface area contributed by atoms with Crippen LogP contribution in [0, 0.1) is 11.3 Å². The Hall–Kier alpha value is -2.15. The SMILES string of the molecule is N#CC(=O)NC(=O)c1ccccc1. The zero-order chi connectivity index (χ0) is 9.68. The highest BCUT2D eigenvalue weighted by atomic mass is 16.2. The van der Waals surface area contributed by atoms with Gasteiger partial charge in [0.2, 0.25) is 0 Å². The lowest BCUT2D eigenvalue weighted by molar-refractivity contribution is -0.114. The quantitative estimate of drug-likeness (QED) is 0.629. The Kier molecular flexibility index (Phi) is 2.77. The fourth-order valence-electron chi connectivity index (χ4n) is 0.793. The predicted molar refractivity (Wildman–Crippen MR) is 44.5 cm³/mol. The molecule has 1 aromatic rings. The summed E-state index contributed by atoms with van der Waals surface area (Å²) in [5, 5.41) is 10.0. The Morgan fingerprint density at radius 3 is 2.38 bits per heavy atom. The van der Waals surface area contributed by atoms with Crippen molar-refractivity contribution in [2.75, 3.05) is 0 Å². The van der Waals surface area contributed by atoms with E-state index in [0.29, 0.717) is 5.56 Å². The Labute approximate surface area is 74.8 Å². The van der Waals surface area contributed by atoms with Crippen LogP contribution in [0.3, 0.4) is 0 Å². The maximum absolute atomic E-state index is 11.1. The molecule has 0 aliphatic carbocycles. The number of amides is 2. The molecule has 13 heavy (non-hydrogen) atoms. The third-order valence-corrected chi connectivity index (χ3v) is 1.36. The van der Waals surface area contributed by atoms with Gasteiger partial charge in [0.05, 0.1) is 0 Å². The third-order valence-electron chi connectivity index (χ3n) is 1.36. The minimum absolute atomic E-state index is 0.353. The molecule has 0 radical (unpaired) electrons. The largest absolute Gasteiger partial charge is 0.329 e. The predicted octanol–water partition coefficient (Wildman–Crippen LogP) is 0.467.